The van der Waals surface area contributed by atoms with Crippen LogP contribution in [0.1, 0.15) is 25.7 Å². The van der Waals surface area contributed by atoms with Crippen molar-refractivity contribution in [3.63, 3.8) is 0 Å². The Morgan fingerprint density at radius 3 is 2.94 bits per heavy atom. The van der Waals surface area contributed by atoms with Gasteiger partial charge in [-0.15, -0.1) is 10.2 Å². The van der Waals surface area contributed by atoms with Crippen LogP contribution < -0.4 is 0 Å². The van der Waals surface area contributed by atoms with Gasteiger partial charge < -0.3 is 18.4 Å². The Morgan fingerprint density at radius 2 is 2.24 bits per heavy atom. The van der Waals surface area contributed by atoms with Crippen LogP contribution >= 0.6 is 20.4 Å². The highest BCUT2D eigenvalue weighted by Crippen LogP contribution is 2.31. The van der Waals surface area contributed by atoms with Crippen LogP contribution in [0.25, 0.3) is 0 Å². The fraction of sp³-hybridized carbons (Fsp3) is 0.778. The summed E-state index contributed by atoms with van der Waals surface area (Å²) in [7, 11) is -0.231. The second-order valence-electron chi connectivity index (χ2n) is 3.22. The Morgan fingerprint density at radius 1 is 1.41 bits per heavy atom. The molecular formula is C9H17N2O4PS. The maximum Gasteiger partial charge on any atom is 0.329 e. The first kappa shape index (κ1) is 14.9. The molecule has 0 radical (unpaired) electrons. The number of hydrogen-bond donors (Lipinski definition) is 1. The Bertz CT molecular complexity index is 276. The van der Waals surface area contributed by atoms with E-state index in [-0.39, 0.29) is 0 Å². The highest BCUT2D eigenvalue weighted by Gasteiger charge is 2.02. The van der Waals surface area contributed by atoms with E-state index in [1.165, 1.54) is 13.5 Å². The molecule has 0 aliphatic rings. The van der Waals surface area contributed by atoms with Crippen LogP contribution in [0.4, 0.5) is 0 Å². The molecule has 1 N–H and O–H groups in total. The minimum absolute atomic E-state index is 0.548. The first-order valence-corrected chi connectivity index (χ1v) is 7.49. The van der Waals surface area contributed by atoms with Gasteiger partial charge in [0.05, 0.1) is 6.61 Å². The van der Waals surface area contributed by atoms with Crippen LogP contribution in [0.2, 0.25) is 0 Å². The summed E-state index contributed by atoms with van der Waals surface area (Å²) >= 11 is 1.57. The second-order valence-corrected chi connectivity index (χ2v) is 5.37. The van der Waals surface area contributed by atoms with Gasteiger partial charge in [0.2, 0.25) is 6.39 Å². The lowest BCUT2D eigenvalue weighted by Crippen LogP contribution is -1.91. The predicted octanol–water partition coefficient (Wildman–Crippen LogP) is 2.60. The molecular weight excluding hydrogens is 263 g/mol. The largest absolute Gasteiger partial charge is 0.419 e. The summed E-state index contributed by atoms with van der Waals surface area (Å²) in [5.74, 6) is 0.980. The lowest BCUT2D eigenvalue weighted by Gasteiger charge is -2.06. The first-order valence-electron chi connectivity index (χ1n) is 5.38. The monoisotopic (exact) mass is 280 g/mol. The molecule has 0 aliphatic heterocycles. The third-order valence-corrected chi connectivity index (χ3v) is 3.60. The topological polar surface area (TPSA) is 77.6 Å². The SMILES string of the molecule is COP(O)OCCCCCCSc1nnco1. The summed E-state index contributed by atoms with van der Waals surface area (Å²) in [6.45, 7) is 0.548. The third kappa shape index (κ3) is 7.68. The van der Waals surface area contributed by atoms with Gasteiger partial charge in [0.25, 0.3) is 5.22 Å². The van der Waals surface area contributed by atoms with Crippen LogP contribution in [0.15, 0.2) is 16.0 Å². The van der Waals surface area contributed by atoms with Crippen molar-refractivity contribution < 1.29 is 18.4 Å². The molecule has 1 atom stereocenters. The molecule has 0 aliphatic carbocycles. The Hall–Kier alpha value is -0.200. The average Bonchev–Trinajstić information content (AvgIpc) is 2.85. The van der Waals surface area contributed by atoms with Gasteiger partial charge in [-0.05, 0) is 12.8 Å². The minimum atomic E-state index is -1.66. The minimum Gasteiger partial charge on any atom is -0.419 e. The maximum atomic E-state index is 9.00. The number of thioether (sulfide) groups is 1. The zero-order chi connectivity index (χ0) is 12.3. The number of nitrogens with zero attached hydrogens (tertiary/aromatic N) is 2. The van der Waals surface area contributed by atoms with Crippen LogP contribution in [0.3, 0.4) is 0 Å². The zero-order valence-electron chi connectivity index (χ0n) is 9.74. The van der Waals surface area contributed by atoms with Crippen LogP contribution in [0, 0.1) is 0 Å². The van der Waals surface area contributed by atoms with E-state index in [0.29, 0.717) is 11.8 Å². The van der Waals surface area contributed by atoms with Crippen molar-refractivity contribution in [2.45, 2.75) is 30.9 Å². The number of rotatable bonds is 10. The van der Waals surface area contributed by atoms with E-state index >= 15 is 0 Å². The number of unbranched alkanes of at least 4 members (excludes halogenated alkanes) is 3. The second kappa shape index (κ2) is 9.79. The summed E-state index contributed by atoms with van der Waals surface area (Å²) in [6, 6.07) is 0. The molecule has 6 nitrogen and oxygen atoms in total. The molecule has 1 unspecified atom stereocenters. The smallest absolute Gasteiger partial charge is 0.329 e. The molecule has 1 rings (SSSR count). The molecule has 0 fully saturated rings. The molecule has 8 heteroatoms. The van der Waals surface area contributed by atoms with Crippen LogP contribution in [-0.4, -0.2) is 34.6 Å². The summed E-state index contributed by atoms with van der Waals surface area (Å²) in [5, 5.41) is 8.00. The molecule has 0 saturated heterocycles. The number of hydrogen-bond acceptors (Lipinski definition) is 7. The van der Waals surface area contributed by atoms with Crippen molar-refractivity contribution in [2.24, 2.45) is 0 Å². The van der Waals surface area contributed by atoms with Gasteiger partial charge in [-0.2, -0.15) is 0 Å². The van der Waals surface area contributed by atoms with Gasteiger partial charge in [0.1, 0.15) is 0 Å². The van der Waals surface area contributed by atoms with Crippen molar-refractivity contribution in [1.82, 2.24) is 10.2 Å². The molecule has 0 amide bonds. The Labute approximate surface area is 106 Å². The van der Waals surface area contributed by atoms with Gasteiger partial charge in [-0.1, -0.05) is 24.6 Å². The Balaban J connectivity index is 1.82. The molecule has 0 saturated carbocycles. The van der Waals surface area contributed by atoms with E-state index in [0.717, 1.165) is 31.4 Å². The van der Waals surface area contributed by atoms with Gasteiger partial charge in [0, 0.05) is 12.9 Å². The quantitative estimate of drug-likeness (QED) is 0.401. The maximum absolute atomic E-state index is 9.00. The van der Waals surface area contributed by atoms with Crippen molar-refractivity contribution in [1.29, 1.82) is 0 Å². The molecule has 98 valence electrons. The van der Waals surface area contributed by atoms with Gasteiger partial charge >= 0.3 is 8.60 Å². The first-order chi connectivity index (χ1) is 8.33. The predicted molar refractivity (Wildman–Crippen MR) is 65.6 cm³/mol. The highest BCUT2D eigenvalue weighted by molar-refractivity contribution is 7.99. The number of aromatic nitrogens is 2. The van der Waals surface area contributed by atoms with Crippen molar-refractivity contribution in [3.05, 3.63) is 6.39 Å². The summed E-state index contributed by atoms with van der Waals surface area (Å²) in [5.41, 5.74) is 0. The van der Waals surface area contributed by atoms with Gasteiger partial charge in [0.15, 0.2) is 0 Å². The molecule has 0 bridgehead atoms. The normalized spacial score (nSPS) is 12.8. The van der Waals surface area contributed by atoms with E-state index in [1.807, 2.05) is 0 Å². The van der Waals surface area contributed by atoms with E-state index in [1.54, 1.807) is 11.8 Å². The van der Waals surface area contributed by atoms with Crippen molar-refractivity contribution >= 4 is 20.4 Å². The lowest BCUT2D eigenvalue weighted by atomic mass is 10.2. The van der Waals surface area contributed by atoms with E-state index < -0.39 is 8.60 Å². The lowest BCUT2D eigenvalue weighted by molar-refractivity contribution is 0.224. The van der Waals surface area contributed by atoms with Gasteiger partial charge in [-0.25, -0.2) is 0 Å². The highest BCUT2D eigenvalue weighted by atomic mass is 32.2. The van der Waals surface area contributed by atoms with Gasteiger partial charge in [-0.3, -0.25) is 0 Å². The summed E-state index contributed by atoms with van der Waals surface area (Å²) in [4.78, 5) is 9.00. The standard InChI is InChI=1S/C9H17N2O4PS/c1-13-16(12)15-6-4-2-3-5-7-17-9-11-10-8-14-9/h8,12H,2-7H2,1H3. The molecule has 0 aromatic carbocycles. The van der Waals surface area contributed by atoms with Crippen LogP contribution in [-0.2, 0) is 9.05 Å². The summed E-state index contributed by atoms with van der Waals surface area (Å²) in [6.07, 6.45) is 5.58. The molecule has 0 spiro atoms. The van der Waals surface area contributed by atoms with E-state index in [9.17, 15) is 0 Å². The zero-order valence-corrected chi connectivity index (χ0v) is 11.5. The third-order valence-electron chi connectivity index (χ3n) is 1.96. The van der Waals surface area contributed by atoms with Crippen molar-refractivity contribution in [3.8, 4) is 0 Å². The van der Waals surface area contributed by atoms with Crippen LogP contribution in [0.5, 0.6) is 0 Å². The fourth-order valence-electron chi connectivity index (χ4n) is 1.14. The molecule has 1 heterocycles. The molecule has 1 aromatic heterocycles. The van der Waals surface area contributed by atoms with Crippen molar-refractivity contribution in [2.75, 3.05) is 19.5 Å². The van der Waals surface area contributed by atoms with E-state index in [2.05, 4.69) is 14.7 Å². The van der Waals surface area contributed by atoms with E-state index in [4.69, 9.17) is 13.8 Å². The fourth-order valence-corrected chi connectivity index (χ4v) is 2.27. The average molecular weight is 280 g/mol. The molecule has 1 aromatic rings. The molecule has 17 heavy (non-hydrogen) atoms. The Kier molecular flexibility index (Phi) is 8.56. The summed E-state index contributed by atoms with van der Waals surface area (Å²) < 4.78 is 14.6.